The highest BCUT2D eigenvalue weighted by Gasteiger charge is 2.11. The molecule has 3 aromatic rings. The SMILES string of the molecule is CNc1ccccc1-c1nnc2ccc(Br)cn12. The van der Waals surface area contributed by atoms with Gasteiger partial charge in [-0.15, -0.1) is 10.2 Å². The van der Waals surface area contributed by atoms with Crippen molar-refractivity contribution in [3.05, 3.63) is 47.1 Å². The number of hydrogen-bond acceptors (Lipinski definition) is 3. The van der Waals surface area contributed by atoms with Gasteiger partial charge in [0, 0.05) is 29.0 Å². The predicted octanol–water partition coefficient (Wildman–Crippen LogP) is 3.20. The molecule has 0 amide bonds. The third-order valence-corrected chi connectivity index (χ3v) is 3.27. The van der Waals surface area contributed by atoms with Crippen LogP contribution in [-0.4, -0.2) is 21.6 Å². The average Bonchev–Trinajstić information content (AvgIpc) is 2.81. The zero-order valence-corrected chi connectivity index (χ0v) is 11.3. The summed E-state index contributed by atoms with van der Waals surface area (Å²) in [5, 5.41) is 11.6. The smallest absolute Gasteiger partial charge is 0.170 e. The molecule has 4 nitrogen and oxygen atoms in total. The van der Waals surface area contributed by atoms with E-state index in [1.165, 1.54) is 0 Å². The molecule has 18 heavy (non-hydrogen) atoms. The van der Waals surface area contributed by atoms with Crippen LogP contribution in [0.15, 0.2) is 47.1 Å². The second kappa shape index (κ2) is 4.42. The fraction of sp³-hybridized carbons (Fsp3) is 0.0769. The van der Waals surface area contributed by atoms with Crippen LogP contribution in [-0.2, 0) is 0 Å². The number of nitrogens with zero attached hydrogens (tertiary/aromatic N) is 3. The van der Waals surface area contributed by atoms with E-state index >= 15 is 0 Å². The van der Waals surface area contributed by atoms with Gasteiger partial charge < -0.3 is 5.32 Å². The summed E-state index contributed by atoms with van der Waals surface area (Å²) in [6.45, 7) is 0. The van der Waals surface area contributed by atoms with Gasteiger partial charge in [0.2, 0.25) is 0 Å². The lowest BCUT2D eigenvalue weighted by Crippen LogP contribution is -1.95. The lowest BCUT2D eigenvalue weighted by molar-refractivity contribution is 1.11. The number of halogens is 1. The second-order valence-corrected chi connectivity index (χ2v) is 4.81. The first kappa shape index (κ1) is 11.2. The highest BCUT2D eigenvalue weighted by Crippen LogP contribution is 2.27. The zero-order valence-electron chi connectivity index (χ0n) is 9.76. The molecule has 1 N–H and O–H groups in total. The maximum atomic E-state index is 4.27. The number of para-hydroxylation sites is 1. The van der Waals surface area contributed by atoms with Gasteiger partial charge in [-0.05, 0) is 40.2 Å². The molecule has 0 saturated heterocycles. The number of pyridine rings is 1. The molecule has 0 aliphatic carbocycles. The molecule has 0 spiro atoms. The zero-order chi connectivity index (χ0) is 12.5. The Morgan fingerprint density at radius 3 is 2.78 bits per heavy atom. The first-order chi connectivity index (χ1) is 8.79. The van der Waals surface area contributed by atoms with Crippen molar-refractivity contribution in [2.24, 2.45) is 0 Å². The van der Waals surface area contributed by atoms with Gasteiger partial charge in [-0.3, -0.25) is 4.40 Å². The Balaban J connectivity index is 2.28. The van der Waals surface area contributed by atoms with Crippen LogP contribution in [0, 0.1) is 0 Å². The molecular formula is C13H11BrN4. The Bertz CT molecular complexity index is 705. The quantitative estimate of drug-likeness (QED) is 0.790. The van der Waals surface area contributed by atoms with Gasteiger partial charge in [-0.1, -0.05) is 12.1 Å². The lowest BCUT2D eigenvalue weighted by Gasteiger charge is -2.07. The normalized spacial score (nSPS) is 10.8. The summed E-state index contributed by atoms with van der Waals surface area (Å²) < 4.78 is 2.97. The fourth-order valence-corrected chi connectivity index (χ4v) is 2.28. The minimum absolute atomic E-state index is 0.830. The third-order valence-electron chi connectivity index (χ3n) is 2.80. The molecule has 0 unspecified atom stereocenters. The van der Waals surface area contributed by atoms with Crippen LogP contribution >= 0.6 is 15.9 Å². The van der Waals surface area contributed by atoms with Crippen molar-refractivity contribution in [2.45, 2.75) is 0 Å². The molecule has 2 heterocycles. The van der Waals surface area contributed by atoms with Crippen molar-refractivity contribution in [3.8, 4) is 11.4 Å². The van der Waals surface area contributed by atoms with Gasteiger partial charge >= 0.3 is 0 Å². The van der Waals surface area contributed by atoms with Crippen molar-refractivity contribution >= 4 is 27.3 Å². The average molecular weight is 303 g/mol. The first-order valence-corrected chi connectivity index (χ1v) is 6.36. The Kier molecular flexibility index (Phi) is 2.76. The molecule has 3 rings (SSSR count). The van der Waals surface area contributed by atoms with Crippen molar-refractivity contribution in [3.63, 3.8) is 0 Å². The number of anilines is 1. The van der Waals surface area contributed by atoms with Crippen molar-refractivity contribution < 1.29 is 0 Å². The minimum Gasteiger partial charge on any atom is -0.388 e. The number of benzene rings is 1. The fourth-order valence-electron chi connectivity index (χ4n) is 1.94. The highest BCUT2D eigenvalue weighted by molar-refractivity contribution is 9.10. The number of nitrogens with one attached hydrogen (secondary N) is 1. The molecular weight excluding hydrogens is 292 g/mol. The van der Waals surface area contributed by atoms with E-state index in [9.17, 15) is 0 Å². The third kappa shape index (κ3) is 1.76. The highest BCUT2D eigenvalue weighted by atomic mass is 79.9. The van der Waals surface area contributed by atoms with Crippen LogP contribution in [0.25, 0.3) is 17.0 Å². The van der Waals surface area contributed by atoms with Crippen molar-refractivity contribution in [2.75, 3.05) is 12.4 Å². The van der Waals surface area contributed by atoms with Crippen LogP contribution in [0.1, 0.15) is 0 Å². The Hall–Kier alpha value is -1.88. The van der Waals surface area contributed by atoms with Crippen molar-refractivity contribution in [1.29, 1.82) is 0 Å². The molecule has 0 aliphatic rings. The molecule has 2 aromatic heterocycles. The van der Waals surface area contributed by atoms with E-state index in [0.29, 0.717) is 0 Å². The molecule has 0 saturated carbocycles. The van der Waals surface area contributed by atoms with Gasteiger partial charge in [0.25, 0.3) is 0 Å². The van der Waals surface area contributed by atoms with E-state index in [0.717, 1.165) is 27.2 Å². The summed E-state index contributed by atoms with van der Waals surface area (Å²) in [6, 6.07) is 11.9. The molecule has 0 aliphatic heterocycles. The van der Waals surface area contributed by atoms with Crippen LogP contribution < -0.4 is 5.32 Å². The van der Waals surface area contributed by atoms with Gasteiger partial charge in [-0.25, -0.2) is 0 Å². The van der Waals surface area contributed by atoms with Gasteiger partial charge in [0.1, 0.15) is 0 Å². The summed E-state index contributed by atoms with van der Waals surface area (Å²) >= 11 is 3.47. The molecule has 0 radical (unpaired) electrons. The van der Waals surface area contributed by atoms with Gasteiger partial charge in [0.15, 0.2) is 11.5 Å². The van der Waals surface area contributed by atoms with E-state index in [1.54, 1.807) is 0 Å². The van der Waals surface area contributed by atoms with E-state index in [1.807, 2.05) is 54.0 Å². The Morgan fingerprint density at radius 2 is 1.94 bits per heavy atom. The Morgan fingerprint density at radius 1 is 1.11 bits per heavy atom. The molecule has 1 aromatic carbocycles. The molecule has 0 bridgehead atoms. The number of hydrogen-bond donors (Lipinski definition) is 1. The first-order valence-electron chi connectivity index (χ1n) is 5.57. The predicted molar refractivity (Wildman–Crippen MR) is 75.7 cm³/mol. The summed E-state index contributed by atoms with van der Waals surface area (Å²) in [4.78, 5) is 0. The summed E-state index contributed by atoms with van der Waals surface area (Å²) in [5.74, 6) is 0.830. The van der Waals surface area contributed by atoms with E-state index in [4.69, 9.17) is 0 Å². The molecule has 90 valence electrons. The minimum atomic E-state index is 0.830. The molecule has 5 heteroatoms. The number of aromatic nitrogens is 3. The second-order valence-electron chi connectivity index (χ2n) is 3.89. The number of rotatable bonds is 2. The van der Waals surface area contributed by atoms with Crippen molar-refractivity contribution in [1.82, 2.24) is 14.6 Å². The largest absolute Gasteiger partial charge is 0.388 e. The maximum Gasteiger partial charge on any atom is 0.170 e. The van der Waals surface area contributed by atoms with Crippen LogP contribution in [0.4, 0.5) is 5.69 Å². The van der Waals surface area contributed by atoms with E-state index in [-0.39, 0.29) is 0 Å². The topological polar surface area (TPSA) is 42.2 Å². The van der Waals surface area contributed by atoms with E-state index < -0.39 is 0 Å². The van der Waals surface area contributed by atoms with Gasteiger partial charge in [0.05, 0.1) is 0 Å². The summed E-state index contributed by atoms with van der Waals surface area (Å²) in [7, 11) is 1.90. The lowest BCUT2D eigenvalue weighted by atomic mass is 10.1. The number of fused-ring (bicyclic) bond motifs is 1. The van der Waals surface area contributed by atoms with Gasteiger partial charge in [-0.2, -0.15) is 0 Å². The maximum absolute atomic E-state index is 4.27. The standard InChI is InChI=1S/C13H11BrN4/c1-15-11-5-3-2-4-10(11)13-17-16-12-7-6-9(14)8-18(12)13/h2-8,15H,1H3. The Labute approximate surface area is 113 Å². The monoisotopic (exact) mass is 302 g/mol. The molecule has 0 atom stereocenters. The molecule has 0 fully saturated rings. The summed E-state index contributed by atoms with van der Waals surface area (Å²) in [6.07, 6.45) is 1.97. The van der Waals surface area contributed by atoms with Crippen LogP contribution in [0.3, 0.4) is 0 Å². The summed E-state index contributed by atoms with van der Waals surface area (Å²) in [5.41, 5.74) is 2.90. The van der Waals surface area contributed by atoms with Crippen LogP contribution in [0.2, 0.25) is 0 Å². The van der Waals surface area contributed by atoms with E-state index in [2.05, 4.69) is 31.4 Å². The van der Waals surface area contributed by atoms with Crippen LogP contribution in [0.5, 0.6) is 0 Å².